The standard InChI is InChI=1S/C34H50O3Si2/c1-33(2,3)38(7,25-35-31-21-13-19-29(23-31)27-15-9-10-16-27)37-39(8,34(4,5)6)26-36-32-22-14-20-30(24-32)28-17-11-12-18-28/h13-15,17,19-24H,9-12,16,18,25-26H2,1-8H3. The largest absolute Gasteiger partial charge is 0.494 e. The molecule has 4 rings (SSSR count). The first-order valence-corrected chi connectivity index (χ1v) is 20.1. The van der Waals surface area contributed by atoms with E-state index < -0.39 is 16.6 Å². The van der Waals surface area contributed by atoms with E-state index >= 15 is 0 Å². The van der Waals surface area contributed by atoms with Gasteiger partial charge in [-0.25, -0.2) is 0 Å². The summed E-state index contributed by atoms with van der Waals surface area (Å²) in [5, 5.41) is 0.0138. The summed E-state index contributed by atoms with van der Waals surface area (Å²) in [7, 11) is -4.72. The molecule has 2 aromatic rings. The summed E-state index contributed by atoms with van der Waals surface area (Å²) in [5.41, 5.74) is 5.49. The molecule has 0 amide bonds. The molecule has 0 aromatic heterocycles. The van der Waals surface area contributed by atoms with Crippen molar-refractivity contribution in [3.05, 3.63) is 71.8 Å². The van der Waals surface area contributed by atoms with Crippen molar-refractivity contribution in [2.75, 3.05) is 12.5 Å². The highest BCUT2D eigenvalue weighted by atomic mass is 28.4. The van der Waals surface area contributed by atoms with E-state index in [9.17, 15) is 0 Å². The van der Waals surface area contributed by atoms with Gasteiger partial charge in [-0.2, -0.15) is 0 Å². The van der Waals surface area contributed by atoms with Gasteiger partial charge in [-0.05, 0) is 108 Å². The number of hydrogen-bond donors (Lipinski definition) is 0. The van der Waals surface area contributed by atoms with E-state index in [1.807, 2.05) is 0 Å². The lowest BCUT2D eigenvalue weighted by Gasteiger charge is -2.49. The molecule has 3 nitrogen and oxygen atoms in total. The summed E-state index contributed by atoms with van der Waals surface area (Å²) < 4.78 is 20.6. The number of rotatable bonds is 10. The fourth-order valence-electron chi connectivity index (χ4n) is 5.17. The van der Waals surface area contributed by atoms with Crippen LogP contribution in [0.2, 0.25) is 23.2 Å². The molecule has 0 saturated carbocycles. The summed E-state index contributed by atoms with van der Waals surface area (Å²) in [6.45, 7) is 18.6. The van der Waals surface area contributed by atoms with E-state index in [2.05, 4.69) is 115 Å². The Morgan fingerprint density at radius 1 is 0.641 bits per heavy atom. The monoisotopic (exact) mass is 562 g/mol. The van der Waals surface area contributed by atoms with Crippen LogP contribution in [-0.4, -0.2) is 29.1 Å². The third-order valence-electron chi connectivity index (χ3n) is 9.14. The Hall–Kier alpha value is -2.09. The highest BCUT2D eigenvalue weighted by molar-refractivity contribution is 6.88. The number of allylic oxidation sites excluding steroid dienone is 4. The van der Waals surface area contributed by atoms with Crippen LogP contribution in [0.25, 0.3) is 11.1 Å². The molecule has 0 aliphatic heterocycles. The lowest BCUT2D eigenvalue weighted by molar-refractivity contribution is 0.300. The predicted molar refractivity (Wildman–Crippen MR) is 171 cm³/mol. The molecule has 212 valence electrons. The Morgan fingerprint density at radius 3 is 1.38 bits per heavy atom. The van der Waals surface area contributed by atoms with Gasteiger partial charge in [0.05, 0.1) is 0 Å². The second-order valence-corrected chi connectivity index (χ2v) is 23.3. The van der Waals surface area contributed by atoms with Crippen LogP contribution < -0.4 is 9.47 Å². The van der Waals surface area contributed by atoms with Gasteiger partial charge in [0.15, 0.2) is 0 Å². The minimum atomic E-state index is -2.36. The summed E-state index contributed by atoms with van der Waals surface area (Å²) in [6.07, 6.45) is 13.2. The van der Waals surface area contributed by atoms with Gasteiger partial charge in [0.1, 0.15) is 24.0 Å². The number of hydrogen-bond acceptors (Lipinski definition) is 3. The Labute approximate surface area is 239 Å². The average molecular weight is 563 g/mol. The molecule has 2 aliphatic carbocycles. The van der Waals surface area contributed by atoms with Crippen molar-refractivity contribution >= 4 is 27.8 Å². The Balaban J connectivity index is 1.52. The highest BCUT2D eigenvalue weighted by Gasteiger charge is 2.53. The van der Waals surface area contributed by atoms with Crippen LogP contribution in [0.4, 0.5) is 0 Å². The molecular weight excluding hydrogens is 513 g/mol. The number of ether oxygens (including phenoxy) is 2. The maximum absolute atomic E-state index is 7.46. The molecule has 0 radical (unpaired) electrons. The molecule has 0 spiro atoms. The molecular formula is C34H50O3Si2. The van der Waals surface area contributed by atoms with E-state index in [1.54, 1.807) is 0 Å². The zero-order valence-electron chi connectivity index (χ0n) is 25.7. The zero-order chi connectivity index (χ0) is 28.3. The predicted octanol–water partition coefficient (Wildman–Crippen LogP) is 10.1. The van der Waals surface area contributed by atoms with Crippen molar-refractivity contribution in [3.63, 3.8) is 0 Å². The van der Waals surface area contributed by atoms with Crippen molar-refractivity contribution in [1.29, 1.82) is 0 Å². The molecule has 2 atom stereocenters. The molecule has 0 saturated heterocycles. The summed E-state index contributed by atoms with van der Waals surface area (Å²) in [6, 6.07) is 17.3. The second-order valence-electron chi connectivity index (χ2n) is 13.9. The first-order chi connectivity index (χ1) is 18.3. The second kappa shape index (κ2) is 11.8. The minimum absolute atomic E-state index is 0.00691. The number of benzene rings is 2. The van der Waals surface area contributed by atoms with Gasteiger partial charge in [-0.15, -0.1) is 0 Å². The van der Waals surface area contributed by atoms with Crippen molar-refractivity contribution in [2.45, 2.75) is 103 Å². The van der Waals surface area contributed by atoms with E-state index in [-0.39, 0.29) is 10.1 Å². The van der Waals surface area contributed by atoms with Gasteiger partial charge in [0.2, 0.25) is 16.6 Å². The molecule has 2 aliphatic rings. The van der Waals surface area contributed by atoms with Crippen LogP contribution in [0.3, 0.4) is 0 Å². The van der Waals surface area contributed by atoms with Gasteiger partial charge in [0, 0.05) is 0 Å². The minimum Gasteiger partial charge on any atom is -0.494 e. The topological polar surface area (TPSA) is 27.7 Å². The van der Waals surface area contributed by atoms with Gasteiger partial charge < -0.3 is 13.6 Å². The Kier molecular flexibility index (Phi) is 9.04. The summed E-state index contributed by atoms with van der Waals surface area (Å²) in [5.74, 6) is 1.89. The maximum Gasteiger partial charge on any atom is 0.221 e. The fraction of sp³-hybridized carbons (Fsp3) is 0.529. The van der Waals surface area contributed by atoms with Crippen LogP contribution in [0, 0.1) is 0 Å². The smallest absolute Gasteiger partial charge is 0.221 e. The molecule has 0 bridgehead atoms. The van der Waals surface area contributed by atoms with E-state index in [4.69, 9.17) is 13.6 Å². The SMILES string of the molecule is CC(C)(C)[Si](C)(COc1cccc(C2=CCCC2)c1)O[Si](C)(COc1cccc(C2=CCCC2)c1)C(C)(C)C. The first kappa shape index (κ1) is 29.9. The highest BCUT2D eigenvalue weighted by Crippen LogP contribution is 2.45. The Bertz CT molecular complexity index is 1110. The fourth-order valence-corrected chi connectivity index (χ4v) is 13.8. The zero-order valence-corrected chi connectivity index (χ0v) is 27.7. The average Bonchev–Trinajstić information content (AvgIpc) is 3.60. The third-order valence-corrected chi connectivity index (χ3v) is 20.5. The van der Waals surface area contributed by atoms with Gasteiger partial charge in [0.25, 0.3) is 0 Å². The van der Waals surface area contributed by atoms with Crippen molar-refractivity contribution in [3.8, 4) is 11.5 Å². The van der Waals surface area contributed by atoms with Crippen LogP contribution in [-0.2, 0) is 4.12 Å². The summed E-state index contributed by atoms with van der Waals surface area (Å²) in [4.78, 5) is 0. The third kappa shape index (κ3) is 7.17. The molecule has 0 heterocycles. The van der Waals surface area contributed by atoms with E-state index in [0.717, 1.165) is 24.3 Å². The first-order valence-electron chi connectivity index (χ1n) is 14.8. The van der Waals surface area contributed by atoms with Crippen LogP contribution in [0.1, 0.15) is 91.2 Å². The Morgan fingerprint density at radius 2 is 1.05 bits per heavy atom. The lowest BCUT2D eigenvalue weighted by Crippen LogP contribution is -2.62. The van der Waals surface area contributed by atoms with Gasteiger partial charge >= 0.3 is 0 Å². The molecule has 5 heteroatoms. The quantitative estimate of drug-likeness (QED) is 0.270. The van der Waals surface area contributed by atoms with Gasteiger partial charge in [-0.1, -0.05) is 78.0 Å². The molecule has 2 unspecified atom stereocenters. The van der Waals surface area contributed by atoms with E-state index in [1.165, 1.54) is 48.0 Å². The van der Waals surface area contributed by atoms with Crippen molar-refractivity contribution in [2.24, 2.45) is 0 Å². The summed E-state index contributed by atoms with van der Waals surface area (Å²) >= 11 is 0. The molecule has 2 aromatic carbocycles. The van der Waals surface area contributed by atoms with Crippen LogP contribution in [0.5, 0.6) is 11.5 Å². The molecule has 0 N–H and O–H groups in total. The van der Waals surface area contributed by atoms with Crippen LogP contribution in [0.15, 0.2) is 60.7 Å². The van der Waals surface area contributed by atoms with Crippen molar-refractivity contribution in [1.82, 2.24) is 0 Å². The molecule has 0 fully saturated rings. The van der Waals surface area contributed by atoms with Crippen molar-refractivity contribution < 1.29 is 13.6 Å². The normalized spacial score (nSPS) is 19.2. The van der Waals surface area contributed by atoms with Crippen LogP contribution >= 0.6 is 0 Å². The maximum atomic E-state index is 7.46. The van der Waals surface area contributed by atoms with Gasteiger partial charge in [-0.3, -0.25) is 0 Å². The lowest BCUT2D eigenvalue weighted by atomic mass is 10.1. The molecule has 39 heavy (non-hydrogen) atoms. The van der Waals surface area contributed by atoms with E-state index in [0.29, 0.717) is 12.5 Å².